The second kappa shape index (κ2) is 7.41. The molecule has 26 heavy (non-hydrogen) atoms. The largest absolute Gasteiger partial charge is 0.425 e. The van der Waals surface area contributed by atoms with Gasteiger partial charge in [-0.15, -0.1) is 0 Å². The van der Waals surface area contributed by atoms with Crippen molar-refractivity contribution < 1.29 is 19.1 Å². The lowest BCUT2D eigenvalue weighted by Crippen LogP contribution is -2.47. The van der Waals surface area contributed by atoms with Crippen LogP contribution in [0.25, 0.3) is 0 Å². The lowest BCUT2D eigenvalue weighted by Gasteiger charge is -2.25. The minimum absolute atomic E-state index is 0.0989. The van der Waals surface area contributed by atoms with Crippen LogP contribution in [0.4, 0.5) is 0 Å². The summed E-state index contributed by atoms with van der Waals surface area (Å²) in [5.41, 5.74) is 0.644. The van der Waals surface area contributed by atoms with E-state index in [4.69, 9.17) is 4.74 Å². The van der Waals surface area contributed by atoms with Crippen molar-refractivity contribution in [3.8, 4) is 5.75 Å². The summed E-state index contributed by atoms with van der Waals surface area (Å²) < 4.78 is 6.29. The third-order valence-corrected chi connectivity index (χ3v) is 4.66. The van der Waals surface area contributed by atoms with E-state index in [1.807, 2.05) is 13.8 Å². The molecule has 1 heterocycles. The maximum absolute atomic E-state index is 12.8. The number of hydrogen-bond acceptors (Lipinski definition) is 4. The van der Waals surface area contributed by atoms with Gasteiger partial charge in [-0.25, -0.2) is 4.79 Å². The third kappa shape index (κ3) is 3.55. The van der Waals surface area contributed by atoms with Crippen molar-refractivity contribution in [3.05, 3.63) is 64.1 Å². The minimum atomic E-state index is -0.967. The molecule has 0 unspecified atom stereocenters. The van der Waals surface area contributed by atoms with Gasteiger partial charge in [0, 0.05) is 4.47 Å². The number of imide groups is 1. The molecule has 0 fully saturated rings. The van der Waals surface area contributed by atoms with Gasteiger partial charge in [-0.05, 0) is 48.7 Å². The van der Waals surface area contributed by atoms with Crippen LogP contribution in [0.15, 0.2) is 53.0 Å². The number of rotatable bonds is 5. The highest BCUT2D eigenvalue weighted by atomic mass is 79.9. The predicted molar refractivity (Wildman–Crippen MR) is 100.0 cm³/mol. The maximum Gasteiger partial charge on any atom is 0.334 e. The fourth-order valence-electron chi connectivity index (χ4n) is 2.93. The summed E-state index contributed by atoms with van der Waals surface area (Å²) in [4.78, 5) is 39.3. The second-order valence-electron chi connectivity index (χ2n) is 6.55. The molecule has 1 atom stereocenters. The molecule has 6 heteroatoms. The van der Waals surface area contributed by atoms with Gasteiger partial charge in [0.2, 0.25) is 0 Å². The number of fused-ring (bicyclic) bond motifs is 1. The predicted octanol–water partition coefficient (Wildman–Crippen LogP) is 4.07. The normalized spacial score (nSPS) is 14.5. The van der Waals surface area contributed by atoms with Crippen molar-refractivity contribution >= 4 is 33.7 Å². The van der Waals surface area contributed by atoms with Gasteiger partial charge in [-0.1, -0.05) is 41.9 Å². The van der Waals surface area contributed by atoms with Crippen LogP contribution in [0.3, 0.4) is 0 Å². The van der Waals surface area contributed by atoms with E-state index in [-0.39, 0.29) is 5.92 Å². The molecule has 0 saturated heterocycles. The Kier molecular flexibility index (Phi) is 5.23. The lowest BCUT2D eigenvalue weighted by molar-refractivity contribution is -0.139. The standard InChI is InChI=1S/C20H18BrNO4/c1-12(2)11-17(20(25)26-14-9-7-13(21)8-10-14)22-18(23)15-5-3-4-6-16(15)19(22)24/h3-10,12,17H,11H2,1-2H3/t17-/m1/s1. The summed E-state index contributed by atoms with van der Waals surface area (Å²) in [5, 5.41) is 0. The van der Waals surface area contributed by atoms with E-state index >= 15 is 0 Å². The van der Waals surface area contributed by atoms with Crippen LogP contribution in [0.5, 0.6) is 5.75 Å². The van der Waals surface area contributed by atoms with Gasteiger partial charge in [-0.3, -0.25) is 14.5 Å². The van der Waals surface area contributed by atoms with Gasteiger partial charge >= 0.3 is 5.97 Å². The number of esters is 1. The second-order valence-corrected chi connectivity index (χ2v) is 7.46. The minimum Gasteiger partial charge on any atom is -0.425 e. The number of carbonyl (C=O) groups excluding carboxylic acids is 3. The Hall–Kier alpha value is -2.47. The molecule has 0 bridgehead atoms. The Morgan fingerprint density at radius 2 is 1.54 bits per heavy atom. The molecular weight excluding hydrogens is 398 g/mol. The zero-order valence-electron chi connectivity index (χ0n) is 14.4. The van der Waals surface area contributed by atoms with Crippen molar-refractivity contribution in [2.75, 3.05) is 0 Å². The van der Waals surface area contributed by atoms with Crippen LogP contribution in [0.1, 0.15) is 41.0 Å². The number of halogens is 1. The number of ether oxygens (including phenoxy) is 1. The van der Waals surface area contributed by atoms with Crippen LogP contribution in [-0.2, 0) is 4.79 Å². The molecule has 134 valence electrons. The summed E-state index contributed by atoms with van der Waals surface area (Å²) in [6.07, 6.45) is 0.334. The van der Waals surface area contributed by atoms with Crippen molar-refractivity contribution in [2.45, 2.75) is 26.3 Å². The van der Waals surface area contributed by atoms with Gasteiger partial charge in [0.05, 0.1) is 11.1 Å². The van der Waals surface area contributed by atoms with Crippen LogP contribution in [-0.4, -0.2) is 28.7 Å². The maximum atomic E-state index is 12.8. The summed E-state index contributed by atoms with van der Waals surface area (Å²) in [6, 6.07) is 12.4. The molecule has 2 amide bonds. The highest BCUT2D eigenvalue weighted by Gasteiger charge is 2.43. The van der Waals surface area contributed by atoms with Gasteiger partial charge in [0.25, 0.3) is 11.8 Å². The summed E-state index contributed by atoms with van der Waals surface area (Å²) in [7, 11) is 0. The van der Waals surface area contributed by atoms with E-state index in [0.717, 1.165) is 9.37 Å². The Labute approximate surface area is 160 Å². The van der Waals surface area contributed by atoms with Crippen molar-refractivity contribution in [1.29, 1.82) is 0 Å². The summed E-state index contributed by atoms with van der Waals surface area (Å²) in [5.74, 6) is -1.06. The van der Waals surface area contributed by atoms with E-state index in [1.165, 1.54) is 0 Å². The molecule has 0 aliphatic carbocycles. The average Bonchev–Trinajstić information content (AvgIpc) is 2.86. The quantitative estimate of drug-likeness (QED) is 0.419. The molecule has 5 nitrogen and oxygen atoms in total. The molecule has 2 aromatic carbocycles. The molecule has 0 radical (unpaired) electrons. The van der Waals surface area contributed by atoms with Crippen molar-refractivity contribution in [3.63, 3.8) is 0 Å². The smallest absolute Gasteiger partial charge is 0.334 e. The van der Waals surface area contributed by atoms with Crippen LogP contribution < -0.4 is 4.74 Å². The van der Waals surface area contributed by atoms with E-state index < -0.39 is 23.8 Å². The van der Waals surface area contributed by atoms with Crippen LogP contribution in [0.2, 0.25) is 0 Å². The zero-order valence-corrected chi connectivity index (χ0v) is 16.0. The number of carbonyl (C=O) groups is 3. The van der Waals surface area contributed by atoms with E-state index in [0.29, 0.717) is 23.3 Å². The topological polar surface area (TPSA) is 63.7 Å². The fourth-order valence-corrected chi connectivity index (χ4v) is 3.20. The first kappa shape index (κ1) is 18.3. The van der Waals surface area contributed by atoms with Crippen LogP contribution >= 0.6 is 15.9 Å². The monoisotopic (exact) mass is 415 g/mol. The molecule has 1 aliphatic rings. The van der Waals surface area contributed by atoms with Gasteiger partial charge < -0.3 is 4.74 Å². The summed E-state index contributed by atoms with van der Waals surface area (Å²) >= 11 is 3.32. The molecule has 0 spiro atoms. The van der Waals surface area contributed by atoms with E-state index in [1.54, 1.807) is 48.5 Å². The Balaban J connectivity index is 1.89. The number of hydrogen-bond donors (Lipinski definition) is 0. The molecule has 1 aliphatic heterocycles. The SMILES string of the molecule is CC(C)C[C@H](C(=O)Oc1ccc(Br)cc1)N1C(=O)c2ccccc2C1=O. The first-order valence-corrected chi connectivity index (χ1v) is 9.12. The third-order valence-electron chi connectivity index (χ3n) is 4.14. The molecule has 2 aromatic rings. The van der Waals surface area contributed by atoms with Gasteiger partial charge in [0.1, 0.15) is 11.8 Å². The highest BCUT2D eigenvalue weighted by Crippen LogP contribution is 2.28. The zero-order chi connectivity index (χ0) is 18.8. The lowest BCUT2D eigenvalue weighted by atomic mass is 10.0. The molecule has 0 saturated carbocycles. The fraction of sp³-hybridized carbons (Fsp3) is 0.250. The van der Waals surface area contributed by atoms with Crippen LogP contribution in [0, 0.1) is 5.92 Å². The Bertz CT molecular complexity index is 825. The molecular formula is C20H18BrNO4. The van der Waals surface area contributed by atoms with E-state index in [2.05, 4.69) is 15.9 Å². The van der Waals surface area contributed by atoms with Gasteiger partial charge in [-0.2, -0.15) is 0 Å². The number of amides is 2. The number of benzene rings is 2. The van der Waals surface area contributed by atoms with Gasteiger partial charge in [0.15, 0.2) is 0 Å². The molecule has 3 rings (SSSR count). The average molecular weight is 416 g/mol. The van der Waals surface area contributed by atoms with Crippen molar-refractivity contribution in [1.82, 2.24) is 4.90 Å². The Morgan fingerprint density at radius 1 is 1.00 bits per heavy atom. The van der Waals surface area contributed by atoms with E-state index in [9.17, 15) is 14.4 Å². The molecule has 0 aromatic heterocycles. The Morgan fingerprint density at radius 3 is 2.04 bits per heavy atom. The summed E-state index contributed by atoms with van der Waals surface area (Å²) in [6.45, 7) is 3.86. The first-order valence-electron chi connectivity index (χ1n) is 8.32. The number of nitrogens with zero attached hydrogens (tertiary/aromatic N) is 1. The first-order chi connectivity index (χ1) is 12.4. The van der Waals surface area contributed by atoms with Crippen molar-refractivity contribution in [2.24, 2.45) is 5.92 Å². The molecule has 0 N–H and O–H groups in total. The highest BCUT2D eigenvalue weighted by molar-refractivity contribution is 9.10.